The van der Waals surface area contributed by atoms with Crippen molar-refractivity contribution in [2.24, 2.45) is 4.99 Å². The molecule has 7 nitrogen and oxygen atoms in total. The lowest BCUT2D eigenvalue weighted by Gasteiger charge is -2.27. The van der Waals surface area contributed by atoms with Gasteiger partial charge in [-0.25, -0.2) is 0 Å². The van der Waals surface area contributed by atoms with Crippen molar-refractivity contribution in [3.63, 3.8) is 0 Å². The van der Waals surface area contributed by atoms with Gasteiger partial charge < -0.3 is 15.5 Å². The van der Waals surface area contributed by atoms with Gasteiger partial charge in [-0.05, 0) is 67.9 Å². The van der Waals surface area contributed by atoms with Crippen LogP contribution in [0.3, 0.4) is 0 Å². The van der Waals surface area contributed by atoms with Crippen LogP contribution in [0.1, 0.15) is 66.1 Å². The van der Waals surface area contributed by atoms with Crippen molar-refractivity contribution in [1.29, 1.82) is 0 Å². The molecule has 0 saturated carbocycles. The molecular weight excluding hydrogens is 460 g/mol. The Morgan fingerprint density at radius 2 is 1.86 bits per heavy atom. The highest BCUT2D eigenvalue weighted by molar-refractivity contribution is 8.15. The van der Waals surface area contributed by atoms with Gasteiger partial charge in [-0.2, -0.15) is 4.99 Å². The Morgan fingerprint density at radius 3 is 2.71 bits per heavy atom. The van der Waals surface area contributed by atoms with Gasteiger partial charge in [-0.3, -0.25) is 14.4 Å². The summed E-state index contributed by atoms with van der Waals surface area (Å²) in [7, 11) is 0. The third-order valence-corrected chi connectivity index (χ3v) is 8.02. The summed E-state index contributed by atoms with van der Waals surface area (Å²) in [5, 5.41) is 6.25. The molecule has 0 bridgehead atoms. The van der Waals surface area contributed by atoms with Crippen LogP contribution in [0.2, 0.25) is 0 Å². The fourth-order valence-corrected chi connectivity index (χ4v) is 6.11. The lowest BCUT2D eigenvalue weighted by atomic mass is 9.87. The van der Waals surface area contributed by atoms with E-state index < -0.39 is 5.25 Å². The fourth-order valence-electron chi connectivity index (χ4n) is 4.99. The Morgan fingerprint density at radius 1 is 1.03 bits per heavy atom. The number of aliphatic imine (C=N–C) groups is 1. The zero-order chi connectivity index (χ0) is 24.2. The van der Waals surface area contributed by atoms with Crippen LogP contribution in [0.15, 0.2) is 53.5 Å². The van der Waals surface area contributed by atoms with Crippen molar-refractivity contribution >= 4 is 40.3 Å². The molecule has 1 saturated heterocycles. The topological polar surface area (TPSA) is 90.9 Å². The molecule has 3 aliphatic rings. The van der Waals surface area contributed by atoms with E-state index >= 15 is 0 Å². The molecule has 35 heavy (non-hydrogen) atoms. The van der Waals surface area contributed by atoms with Crippen LogP contribution in [0, 0.1) is 0 Å². The number of thioether (sulfide) groups is 1. The second kappa shape index (κ2) is 10.6. The van der Waals surface area contributed by atoms with Gasteiger partial charge in [0.05, 0.1) is 6.04 Å². The van der Waals surface area contributed by atoms with E-state index in [1.165, 1.54) is 29.3 Å². The molecule has 2 aromatic rings. The number of amides is 3. The summed E-state index contributed by atoms with van der Waals surface area (Å²) in [5.41, 5.74) is 3.51. The first-order chi connectivity index (χ1) is 17.1. The number of aryl methyl sites for hydroxylation is 1. The average Bonchev–Trinajstić information content (AvgIpc) is 3.24. The Labute approximate surface area is 209 Å². The molecule has 2 N–H and O–H groups in total. The van der Waals surface area contributed by atoms with E-state index in [0.717, 1.165) is 50.4 Å². The summed E-state index contributed by atoms with van der Waals surface area (Å²) in [5.74, 6) is -0.666. The van der Waals surface area contributed by atoms with E-state index in [2.05, 4.69) is 32.7 Å². The zero-order valence-corrected chi connectivity index (χ0v) is 20.5. The first kappa shape index (κ1) is 23.6. The third kappa shape index (κ3) is 5.59. The number of hydrogen-bond donors (Lipinski definition) is 2. The van der Waals surface area contributed by atoms with E-state index in [1.807, 2.05) is 12.1 Å². The van der Waals surface area contributed by atoms with E-state index in [-0.39, 0.29) is 30.2 Å². The maximum Gasteiger partial charge on any atom is 0.262 e. The number of amidine groups is 1. The predicted octanol–water partition coefficient (Wildman–Crippen LogP) is 4.31. The summed E-state index contributed by atoms with van der Waals surface area (Å²) < 4.78 is 0. The van der Waals surface area contributed by atoms with Gasteiger partial charge >= 0.3 is 0 Å². The molecule has 2 atom stereocenters. The van der Waals surface area contributed by atoms with Gasteiger partial charge in [0.25, 0.3) is 11.8 Å². The number of carbonyl (C=O) groups excluding carboxylic acids is 3. The minimum atomic E-state index is -0.496. The Bertz CT molecular complexity index is 1160. The van der Waals surface area contributed by atoms with Crippen molar-refractivity contribution in [2.75, 3.05) is 18.4 Å². The number of rotatable bonds is 5. The van der Waals surface area contributed by atoms with E-state index in [9.17, 15) is 14.4 Å². The molecule has 0 radical (unpaired) electrons. The van der Waals surface area contributed by atoms with Gasteiger partial charge in [-0.15, -0.1) is 0 Å². The minimum Gasteiger partial charge on any atom is -0.351 e. The van der Waals surface area contributed by atoms with Gasteiger partial charge in [0.15, 0.2) is 5.17 Å². The van der Waals surface area contributed by atoms with E-state index in [4.69, 9.17) is 0 Å². The molecule has 2 aromatic carbocycles. The van der Waals surface area contributed by atoms with Crippen LogP contribution in [0.25, 0.3) is 0 Å². The number of piperidine rings is 1. The molecule has 1 aliphatic carbocycles. The van der Waals surface area contributed by atoms with Crippen molar-refractivity contribution in [1.82, 2.24) is 10.2 Å². The Kier molecular flexibility index (Phi) is 7.18. The van der Waals surface area contributed by atoms with Crippen LogP contribution < -0.4 is 10.6 Å². The minimum absolute atomic E-state index is 0.00907. The van der Waals surface area contributed by atoms with Gasteiger partial charge in [0, 0.05) is 30.8 Å². The van der Waals surface area contributed by atoms with Crippen molar-refractivity contribution in [3.8, 4) is 0 Å². The van der Waals surface area contributed by atoms with Crippen molar-refractivity contribution < 1.29 is 14.4 Å². The number of hydrogen-bond acceptors (Lipinski definition) is 5. The lowest BCUT2D eigenvalue weighted by Crippen LogP contribution is -2.33. The Hall–Kier alpha value is -3.13. The molecule has 2 aliphatic heterocycles. The van der Waals surface area contributed by atoms with E-state index in [1.54, 1.807) is 24.3 Å². The number of benzene rings is 2. The zero-order valence-electron chi connectivity index (χ0n) is 19.7. The Balaban J connectivity index is 1.17. The highest BCUT2D eigenvalue weighted by Gasteiger charge is 2.33. The summed E-state index contributed by atoms with van der Waals surface area (Å²) in [6.45, 7) is 1.83. The maximum absolute atomic E-state index is 13.0. The summed E-state index contributed by atoms with van der Waals surface area (Å²) in [6.07, 6.45) is 6.47. The smallest absolute Gasteiger partial charge is 0.262 e. The summed E-state index contributed by atoms with van der Waals surface area (Å²) >= 11 is 1.39. The van der Waals surface area contributed by atoms with Crippen LogP contribution in [-0.4, -0.2) is 46.1 Å². The highest BCUT2D eigenvalue weighted by Crippen LogP contribution is 2.31. The first-order valence-electron chi connectivity index (χ1n) is 12.4. The summed E-state index contributed by atoms with van der Waals surface area (Å²) in [4.78, 5) is 44.4. The second-order valence-electron chi connectivity index (χ2n) is 9.34. The number of carbonyl (C=O) groups is 3. The summed E-state index contributed by atoms with van der Waals surface area (Å²) in [6, 6.07) is 15.2. The molecule has 1 fully saturated rings. The molecule has 5 rings (SSSR count). The van der Waals surface area contributed by atoms with Gasteiger partial charge in [-0.1, -0.05) is 42.1 Å². The lowest BCUT2D eigenvalue weighted by molar-refractivity contribution is -0.121. The predicted molar refractivity (Wildman–Crippen MR) is 139 cm³/mol. The van der Waals surface area contributed by atoms with Gasteiger partial charge in [0.1, 0.15) is 5.25 Å². The number of fused-ring (bicyclic) bond motifs is 1. The van der Waals surface area contributed by atoms with Crippen molar-refractivity contribution in [3.05, 3.63) is 65.2 Å². The molecule has 3 amide bonds. The third-order valence-electron chi connectivity index (χ3n) is 6.81. The number of nitrogens with one attached hydrogen (secondary N) is 2. The fraction of sp³-hybridized carbons (Fsp3) is 0.407. The maximum atomic E-state index is 13.0. The number of anilines is 1. The molecule has 8 heteroatoms. The average molecular weight is 491 g/mol. The molecule has 0 aromatic heterocycles. The number of likely N-dealkylation sites (tertiary alicyclic amines) is 1. The van der Waals surface area contributed by atoms with Crippen LogP contribution >= 0.6 is 11.8 Å². The van der Waals surface area contributed by atoms with Crippen LogP contribution in [0.5, 0.6) is 0 Å². The standard InChI is InChI=1S/C27H30N4O3S/c32-24(17-23-26(34)30-27(35-23)31-14-4-1-5-15-31)28-20-11-6-10-19(16-20)25(33)29-22-13-7-9-18-8-2-3-12-21(18)22/h2-3,6,8,10-12,16,22-23H,1,4-5,7,9,13-15,17H2,(H,28,32)(H,29,33). The van der Waals surface area contributed by atoms with Crippen LogP contribution in [0.4, 0.5) is 5.69 Å². The van der Waals surface area contributed by atoms with Crippen LogP contribution in [-0.2, 0) is 16.0 Å². The van der Waals surface area contributed by atoms with Crippen molar-refractivity contribution in [2.45, 2.75) is 56.2 Å². The second-order valence-corrected chi connectivity index (χ2v) is 10.5. The SMILES string of the molecule is O=C(CC1SC(N2CCCCC2)=NC1=O)Nc1cccc(C(=O)NC2CCCc3ccccc32)c1. The molecule has 2 unspecified atom stereocenters. The molecule has 182 valence electrons. The quantitative estimate of drug-likeness (QED) is 0.652. The largest absolute Gasteiger partial charge is 0.351 e. The normalized spacial score (nSPS) is 21.8. The monoisotopic (exact) mass is 490 g/mol. The van der Waals surface area contributed by atoms with Gasteiger partial charge in [0.2, 0.25) is 5.91 Å². The first-order valence-corrected chi connectivity index (χ1v) is 13.3. The molecule has 2 heterocycles. The number of nitrogens with zero attached hydrogens (tertiary/aromatic N) is 2. The highest BCUT2D eigenvalue weighted by atomic mass is 32.2. The molecular formula is C27H30N4O3S. The molecule has 0 spiro atoms. The van der Waals surface area contributed by atoms with E-state index in [0.29, 0.717) is 11.3 Å².